The molecule has 1 amide bonds. The van der Waals surface area contributed by atoms with Crippen LogP contribution in [0.25, 0.3) is 11.3 Å². The van der Waals surface area contributed by atoms with Crippen molar-refractivity contribution in [3.8, 4) is 11.3 Å². The zero-order chi connectivity index (χ0) is 21.2. The number of benzene rings is 2. The van der Waals surface area contributed by atoms with Crippen LogP contribution in [0.5, 0.6) is 0 Å². The molecule has 3 heterocycles. The van der Waals surface area contributed by atoms with E-state index in [1.165, 1.54) is 0 Å². The molecule has 7 heteroatoms. The second-order valence-corrected chi connectivity index (χ2v) is 8.90. The van der Waals surface area contributed by atoms with Gasteiger partial charge in [0.25, 0.3) is 5.91 Å². The van der Waals surface area contributed by atoms with Crippen LogP contribution in [0.3, 0.4) is 0 Å². The summed E-state index contributed by atoms with van der Waals surface area (Å²) >= 11 is 3.53. The molecular formula is C24H25BrN4O2. The summed E-state index contributed by atoms with van der Waals surface area (Å²) < 4.78 is 6.47. The first-order chi connectivity index (χ1) is 15.2. The van der Waals surface area contributed by atoms with Gasteiger partial charge < -0.3 is 9.64 Å². The Labute approximate surface area is 190 Å². The molecule has 1 N–H and O–H groups in total. The van der Waals surface area contributed by atoms with E-state index in [4.69, 9.17) is 4.74 Å². The van der Waals surface area contributed by atoms with Gasteiger partial charge in [0.1, 0.15) is 5.69 Å². The third-order valence-corrected chi connectivity index (χ3v) is 6.60. The van der Waals surface area contributed by atoms with Crippen LogP contribution in [-0.2, 0) is 4.74 Å². The number of carbonyl (C=O) groups excluding carboxylic acids is 1. The number of aromatic amines is 1. The van der Waals surface area contributed by atoms with Gasteiger partial charge in [0, 0.05) is 41.8 Å². The van der Waals surface area contributed by atoms with Crippen LogP contribution in [0.4, 0.5) is 0 Å². The van der Waals surface area contributed by atoms with Crippen molar-refractivity contribution in [1.29, 1.82) is 0 Å². The van der Waals surface area contributed by atoms with Crippen molar-refractivity contribution < 1.29 is 9.53 Å². The maximum Gasteiger partial charge on any atom is 0.273 e. The number of hydrogen-bond donors (Lipinski definition) is 1. The summed E-state index contributed by atoms with van der Waals surface area (Å²) in [5.41, 5.74) is 4.56. The molecule has 5 rings (SSSR count). The van der Waals surface area contributed by atoms with E-state index in [0.717, 1.165) is 66.1 Å². The molecule has 2 aromatic carbocycles. The summed E-state index contributed by atoms with van der Waals surface area (Å²) in [5, 5.41) is 7.57. The Hall–Kier alpha value is -2.48. The average Bonchev–Trinajstić information content (AvgIpc) is 3.35. The summed E-state index contributed by atoms with van der Waals surface area (Å²) in [6.45, 7) is 5.18. The predicted octanol–water partition coefficient (Wildman–Crippen LogP) is 4.11. The summed E-state index contributed by atoms with van der Waals surface area (Å²) in [4.78, 5) is 17.8. The minimum absolute atomic E-state index is 0.0274. The Morgan fingerprint density at radius 3 is 2.52 bits per heavy atom. The number of nitrogens with one attached hydrogen (secondary N) is 1. The SMILES string of the molecule is O=C1c2[nH]nc(-c3ccccc3)c2C(c2ccc(Br)cc2)N1CCCN1CCOCC1. The van der Waals surface area contributed by atoms with Crippen molar-refractivity contribution in [2.75, 3.05) is 39.4 Å². The molecule has 31 heavy (non-hydrogen) atoms. The number of nitrogens with zero attached hydrogens (tertiary/aromatic N) is 3. The molecule has 1 atom stereocenters. The fraction of sp³-hybridized carbons (Fsp3) is 0.333. The van der Waals surface area contributed by atoms with Gasteiger partial charge in [-0.3, -0.25) is 14.8 Å². The van der Waals surface area contributed by atoms with Gasteiger partial charge in [0.15, 0.2) is 0 Å². The predicted molar refractivity (Wildman–Crippen MR) is 123 cm³/mol. The van der Waals surface area contributed by atoms with Gasteiger partial charge in [0.2, 0.25) is 0 Å². The second-order valence-electron chi connectivity index (χ2n) is 7.99. The first-order valence-electron chi connectivity index (χ1n) is 10.7. The normalized spacial score (nSPS) is 19.1. The van der Waals surface area contributed by atoms with E-state index in [9.17, 15) is 4.79 Å². The van der Waals surface area contributed by atoms with Crippen molar-refractivity contribution >= 4 is 21.8 Å². The minimum Gasteiger partial charge on any atom is -0.379 e. The van der Waals surface area contributed by atoms with Gasteiger partial charge in [-0.2, -0.15) is 5.10 Å². The van der Waals surface area contributed by atoms with Crippen LogP contribution >= 0.6 is 15.9 Å². The maximum absolute atomic E-state index is 13.4. The summed E-state index contributed by atoms with van der Waals surface area (Å²) in [5.74, 6) is 0.0274. The van der Waals surface area contributed by atoms with Crippen LogP contribution in [0, 0.1) is 0 Å². The third-order valence-electron chi connectivity index (χ3n) is 6.07. The standard InChI is InChI=1S/C24H25BrN4O2/c25-19-9-7-18(8-10-19)23-20-21(17-5-2-1-3-6-17)26-27-22(20)24(30)29(23)12-4-11-28-13-15-31-16-14-28/h1-3,5-10,23H,4,11-16H2,(H,26,27). The Morgan fingerprint density at radius 2 is 1.77 bits per heavy atom. The first kappa shape index (κ1) is 20.4. The number of carbonyl (C=O) groups is 1. The lowest BCUT2D eigenvalue weighted by molar-refractivity contribution is 0.0354. The van der Waals surface area contributed by atoms with E-state index in [1.54, 1.807) is 0 Å². The van der Waals surface area contributed by atoms with Crippen LogP contribution in [0.2, 0.25) is 0 Å². The molecule has 160 valence electrons. The minimum atomic E-state index is -0.144. The number of aromatic nitrogens is 2. The first-order valence-corrected chi connectivity index (χ1v) is 11.5. The Balaban J connectivity index is 1.46. The molecule has 3 aromatic rings. The lowest BCUT2D eigenvalue weighted by Crippen LogP contribution is -2.38. The van der Waals surface area contributed by atoms with Crippen molar-refractivity contribution in [3.05, 3.63) is 75.9 Å². The van der Waals surface area contributed by atoms with Gasteiger partial charge >= 0.3 is 0 Å². The Kier molecular flexibility index (Phi) is 5.89. The highest BCUT2D eigenvalue weighted by Crippen LogP contribution is 2.42. The molecule has 0 saturated carbocycles. The largest absolute Gasteiger partial charge is 0.379 e. The van der Waals surface area contributed by atoms with E-state index in [-0.39, 0.29) is 11.9 Å². The third kappa shape index (κ3) is 4.05. The van der Waals surface area contributed by atoms with Crippen molar-refractivity contribution in [2.24, 2.45) is 0 Å². The zero-order valence-electron chi connectivity index (χ0n) is 17.3. The summed E-state index contributed by atoms with van der Waals surface area (Å²) in [7, 11) is 0. The van der Waals surface area contributed by atoms with Crippen molar-refractivity contribution in [3.63, 3.8) is 0 Å². The van der Waals surface area contributed by atoms with Crippen LogP contribution < -0.4 is 0 Å². The molecule has 0 bridgehead atoms. The fourth-order valence-electron chi connectivity index (χ4n) is 4.52. The molecule has 2 aliphatic heterocycles. The quantitative estimate of drug-likeness (QED) is 0.576. The molecule has 6 nitrogen and oxygen atoms in total. The lowest BCUT2D eigenvalue weighted by atomic mass is 9.96. The molecule has 0 spiro atoms. The molecular weight excluding hydrogens is 456 g/mol. The number of rotatable bonds is 6. The summed E-state index contributed by atoms with van der Waals surface area (Å²) in [6.07, 6.45) is 0.928. The molecule has 2 aliphatic rings. The van der Waals surface area contributed by atoms with Gasteiger partial charge in [-0.05, 0) is 24.1 Å². The molecule has 0 radical (unpaired) electrons. The average molecular weight is 481 g/mol. The van der Waals surface area contributed by atoms with E-state index >= 15 is 0 Å². The molecule has 1 unspecified atom stereocenters. The molecule has 1 saturated heterocycles. The number of amides is 1. The van der Waals surface area contributed by atoms with Crippen LogP contribution in [-0.4, -0.2) is 65.3 Å². The van der Waals surface area contributed by atoms with E-state index < -0.39 is 0 Å². The number of ether oxygens (including phenoxy) is 1. The number of fused-ring (bicyclic) bond motifs is 1. The highest BCUT2D eigenvalue weighted by Gasteiger charge is 2.41. The second kappa shape index (κ2) is 8.94. The maximum atomic E-state index is 13.4. The Bertz CT molecular complexity index is 1050. The zero-order valence-corrected chi connectivity index (χ0v) is 18.8. The molecule has 1 fully saturated rings. The van der Waals surface area contributed by atoms with Crippen LogP contribution in [0.1, 0.15) is 34.1 Å². The van der Waals surface area contributed by atoms with Gasteiger partial charge in [-0.25, -0.2) is 0 Å². The van der Waals surface area contributed by atoms with Crippen LogP contribution in [0.15, 0.2) is 59.1 Å². The van der Waals surface area contributed by atoms with Gasteiger partial charge in [-0.15, -0.1) is 0 Å². The highest BCUT2D eigenvalue weighted by atomic mass is 79.9. The van der Waals surface area contributed by atoms with Crippen molar-refractivity contribution in [1.82, 2.24) is 20.0 Å². The number of halogens is 1. The molecule has 1 aromatic heterocycles. The Morgan fingerprint density at radius 1 is 1.03 bits per heavy atom. The van der Waals surface area contributed by atoms with E-state index in [0.29, 0.717) is 12.2 Å². The smallest absolute Gasteiger partial charge is 0.273 e. The van der Waals surface area contributed by atoms with E-state index in [2.05, 4.69) is 43.2 Å². The monoisotopic (exact) mass is 480 g/mol. The van der Waals surface area contributed by atoms with Gasteiger partial charge in [0.05, 0.1) is 24.9 Å². The molecule has 0 aliphatic carbocycles. The van der Waals surface area contributed by atoms with E-state index in [1.807, 2.05) is 47.4 Å². The van der Waals surface area contributed by atoms with Gasteiger partial charge in [-0.1, -0.05) is 58.4 Å². The number of H-pyrrole nitrogens is 1. The lowest BCUT2D eigenvalue weighted by Gasteiger charge is -2.29. The number of morpholine rings is 1. The topological polar surface area (TPSA) is 61.5 Å². The van der Waals surface area contributed by atoms with Crippen molar-refractivity contribution in [2.45, 2.75) is 12.5 Å². The highest BCUT2D eigenvalue weighted by molar-refractivity contribution is 9.10. The summed E-state index contributed by atoms with van der Waals surface area (Å²) in [6, 6.07) is 18.2. The fourth-order valence-corrected chi connectivity index (χ4v) is 4.79. The number of hydrogen-bond acceptors (Lipinski definition) is 4.